The van der Waals surface area contributed by atoms with Gasteiger partial charge in [-0.05, 0) is 30.7 Å². The Bertz CT molecular complexity index is 253. The van der Waals surface area contributed by atoms with E-state index in [2.05, 4.69) is 11.9 Å². The second kappa shape index (κ2) is 5.25. The fraction of sp³-hybridized carbons (Fsp3) is 0.273. The maximum Gasteiger partial charge on any atom is 0.119 e. The van der Waals surface area contributed by atoms with Crippen molar-refractivity contribution in [2.75, 3.05) is 19.0 Å². The Kier molecular flexibility index (Phi) is 3.89. The molecule has 0 aliphatic heterocycles. The van der Waals surface area contributed by atoms with Crippen molar-refractivity contribution < 1.29 is 4.74 Å². The molecule has 70 valence electrons. The van der Waals surface area contributed by atoms with Gasteiger partial charge in [-0.25, -0.2) is 0 Å². The van der Waals surface area contributed by atoms with Crippen molar-refractivity contribution in [2.24, 2.45) is 0 Å². The van der Waals surface area contributed by atoms with Crippen molar-refractivity contribution in [1.29, 1.82) is 0 Å². The van der Waals surface area contributed by atoms with E-state index < -0.39 is 0 Å². The standard InChI is InChI=1S/C11H15NO/c1-3-4-9-13-11-7-5-10(12-2)6-8-11/h3,5-8,12H,1,4,9H2,2H3. The summed E-state index contributed by atoms with van der Waals surface area (Å²) in [7, 11) is 1.90. The zero-order valence-corrected chi connectivity index (χ0v) is 7.92. The van der Waals surface area contributed by atoms with Crippen LogP contribution >= 0.6 is 0 Å². The van der Waals surface area contributed by atoms with Crippen LogP contribution in [0.2, 0.25) is 0 Å². The third-order valence-corrected chi connectivity index (χ3v) is 1.73. The molecule has 0 aromatic heterocycles. The highest BCUT2D eigenvalue weighted by Gasteiger charge is 1.92. The lowest BCUT2D eigenvalue weighted by Gasteiger charge is -2.05. The van der Waals surface area contributed by atoms with Gasteiger partial charge in [0, 0.05) is 12.7 Å². The molecule has 0 aliphatic rings. The number of ether oxygens (including phenoxy) is 1. The third-order valence-electron chi connectivity index (χ3n) is 1.73. The third kappa shape index (κ3) is 3.20. The largest absolute Gasteiger partial charge is 0.493 e. The first-order valence-corrected chi connectivity index (χ1v) is 4.38. The number of rotatable bonds is 5. The van der Waals surface area contributed by atoms with Gasteiger partial charge in [0.15, 0.2) is 0 Å². The van der Waals surface area contributed by atoms with E-state index in [1.807, 2.05) is 37.4 Å². The van der Waals surface area contributed by atoms with Crippen LogP contribution in [0.4, 0.5) is 5.69 Å². The van der Waals surface area contributed by atoms with Gasteiger partial charge in [-0.15, -0.1) is 6.58 Å². The van der Waals surface area contributed by atoms with Crippen molar-refractivity contribution in [1.82, 2.24) is 0 Å². The van der Waals surface area contributed by atoms with Gasteiger partial charge in [-0.2, -0.15) is 0 Å². The minimum absolute atomic E-state index is 0.697. The number of nitrogens with one attached hydrogen (secondary N) is 1. The fourth-order valence-electron chi connectivity index (χ4n) is 0.978. The molecule has 1 N–H and O–H groups in total. The van der Waals surface area contributed by atoms with Crippen LogP contribution in [0.15, 0.2) is 36.9 Å². The van der Waals surface area contributed by atoms with Gasteiger partial charge >= 0.3 is 0 Å². The van der Waals surface area contributed by atoms with Gasteiger partial charge < -0.3 is 10.1 Å². The summed E-state index contributed by atoms with van der Waals surface area (Å²) in [4.78, 5) is 0. The van der Waals surface area contributed by atoms with Crippen LogP contribution in [0, 0.1) is 0 Å². The molecule has 0 spiro atoms. The minimum Gasteiger partial charge on any atom is -0.493 e. The van der Waals surface area contributed by atoms with Crippen LogP contribution in [-0.2, 0) is 0 Å². The van der Waals surface area contributed by atoms with Gasteiger partial charge in [0.25, 0.3) is 0 Å². The van der Waals surface area contributed by atoms with E-state index in [1.165, 1.54) is 0 Å². The highest BCUT2D eigenvalue weighted by atomic mass is 16.5. The van der Waals surface area contributed by atoms with E-state index in [0.29, 0.717) is 6.61 Å². The Morgan fingerprint density at radius 2 is 2.08 bits per heavy atom. The normalized spacial score (nSPS) is 9.31. The monoisotopic (exact) mass is 177 g/mol. The first kappa shape index (κ1) is 9.65. The molecule has 0 bridgehead atoms. The van der Waals surface area contributed by atoms with Crippen molar-refractivity contribution in [3.05, 3.63) is 36.9 Å². The summed E-state index contributed by atoms with van der Waals surface area (Å²) in [6.07, 6.45) is 2.73. The number of hydrogen-bond acceptors (Lipinski definition) is 2. The quantitative estimate of drug-likeness (QED) is 0.551. The summed E-state index contributed by atoms with van der Waals surface area (Å²) < 4.78 is 5.45. The van der Waals surface area contributed by atoms with Crippen LogP contribution in [0.1, 0.15) is 6.42 Å². The summed E-state index contributed by atoms with van der Waals surface area (Å²) in [5.74, 6) is 0.904. The van der Waals surface area contributed by atoms with Crippen LogP contribution < -0.4 is 10.1 Å². The van der Waals surface area contributed by atoms with E-state index in [0.717, 1.165) is 17.9 Å². The van der Waals surface area contributed by atoms with Crippen molar-refractivity contribution >= 4 is 5.69 Å². The van der Waals surface area contributed by atoms with Gasteiger partial charge in [-0.3, -0.25) is 0 Å². The molecule has 0 aliphatic carbocycles. The van der Waals surface area contributed by atoms with E-state index >= 15 is 0 Å². The number of anilines is 1. The maximum absolute atomic E-state index is 5.45. The van der Waals surface area contributed by atoms with Crippen LogP contribution in [0.25, 0.3) is 0 Å². The van der Waals surface area contributed by atoms with Crippen LogP contribution in [-0.4, -0.2) is 13.7 Å². The summed E-state index contributed by atoms with van der Waals surface area (Å²) >= 11 is 0. The van der Waals surface area contributed by atoms with E-state index in [9.17, 15) is 0 Å². The average molecular weight is 177 g/mol. The molecule has 0 saturated heterocycles. The molecule has 0 saturated carbocycles. The second-order valence-corrected chi connectivity index (χ2v) is 2.70. The van der Waals surface area contributed by atoms with Gasteiger partial charge in [0.2, 0.25) is 0 Å². The Morgan fingerprint density at radius 3 is 2.62 bits per heavy atom. The molecule has 2 heteroatoms. The summed E-state index contributed by atoms with van der Waals surface area (Å²) in [5, 5.41) is 3.05. The Labute approximate surface area is 79.2 Å². The lowest BCUT2D eigenvalue weighted by Crippen LogP contribution is -1.95. The molecule has 0 amide bonds. The van der Waals surface area contributed by atoms with Gasteiger partial charge in [0.1, 0.15) is 5.75 Å². The van der Waals surface area contributed by atoms with E-state index in [-0.39, 0.29) is 0 Å². The number of benzene rings is 1. The SMILES string of the molecule is C=CCCOc1ccc(NC)cc1. The second-order valence-electron chi connectivity index (χ2n) is 2.70. The summed E-state index contributed by atoms with van der Waals surface area (Å²) in [6, 6.07) is 7.89. The minimum atomic E-state index is 0.697. The molecule has 13 heavy (non-hydrogen) atoms. The first-order chi connectivity index (χ1) is 6.36. The molecule has 0 atom stereocenters. The predicted octanol–water partition coefficient (Wildman–Crippen LogP) is 2.68. The Morgan fingerprint density at radius 1 is 1.38 bits per heavy atom. The molecule has 0 heterocycles. The smallest absolute Gasteiger partial charge is 0.119 e. The zero-order chi connectivity index (χ0) is 9.52. The molecule has 1 aromatic carbocycles. The summed E-state index contributed by atoms with van der Waals surface area (Å²) in [6.45, 7) is 4.33. The van der Waals surface area contributed by atoms with Gasteiger partial charge in [-0.1, -0.05) is 6.08 Å². The Hall–Kier alpha value is -1.44. The molecule has 1 aromatic rings. The molecule has 0 unspecified atom stereocenters. The van der Waals surface area contributed by atoms with Crippen molar-refractivity contribution in [3.8, 4) is 5.75 Å². The Balaban J connectivity index is 2.44. The first-order valence-electron chi connectivity index (χ1n) is 4.38. The fourth-order valence-corrected chi connectivity index (χ4v) is 0.978. The maximum atomic E-state index is 5.45. The molecule has 0 radical (unpaired) electrons. The van der Waals surface area contributed by atoms with Gasteiger partial charge in [0.05, 0.1) is 6.61 Å². The molecule has 1 rings (SSSR count). The highest BCUT2D eigenvalue weighted by Crippen LogP contribution is 2.14. The predicted molar refractivity (Wildman–Crippen MR) is 56.3 cm³/mol. The summed E-state index contributed by atoms with van der Waals surface area (Å²) in [5.41, 5.74) is 1.09. The zero-order valence-electron chi connectivity index (χ0n) is 7.92. The lowest BCUT2D eigenvalue weighted by molar-refractivity contribution is 0.325. The van der Waals surface area contributed by atoms with E-state index in [4.69, 9.17) is 4.74 Å². The topological polar surface area (TPSA) is 21.3 Å². The lowest BCUT2D eigenvalue weighted by atomic mass is 10.3. The van der Waals surface area contributed by atoms with Crippen molar-refractivity contribution in [3.63, 3.8) is 0 Å². The van der Waals surface area contributed by atoms with E-state index in [1.54, 1.807) is 0 Å². The molecular formula is C11H15NO. The van der Waals surface area contributed by atoms with Crippen LogP contribution in [0.3, 0.4) is 0 Å². The molecule has 0 fully saturated rings. The molecule has 2 nitrogen and oxygen atoms in total. The van der Waals surface area contributed by atoms with Crippen molar-refractivity contribution in [2.45, 2.75) is 6.42 Å². The number of hydrogen-bond donors (Lipinski definition) is 1. The molecular weight excluding hydrogens is 162 g/mol. The van der Waals surface area contributed by atoms with Crippen LogP contribution in [0.5, 0.6) is 5.75 Å². The average Bonchev–Trinajstić information content (AvgIpc) is 2.19. The highest BCUT2D eigenvalue weighted by molar-refractivity contribution is 5.45.